The van der Waals surface area contributed by atoms with Gasteiger partial charge in [0.05, 0.1) is 20.3 Å². The molecule has 0 radical (unpaired) electrons. The Labute approximate surface area is 106 Å². The fourth-order valence-electron chi connectivity index (χ4n) is 1.40. The third kappa shape index (κ3) is 4.24. The number of rotatable bonds is 6. The second kappa shape index (κ2) is 7.14. The van der Waals surface area contributed by atoms with Crippen LogP contribution in [0.5, 0.6) is 5.75 Å². The Hall–Kier alpha value is -1.26. The molecule has 0 spiro atoms. The zero-order valence-corrected chi connectivity index (χ0v) is 10.7. The highest BCUT2D eigenvalue weighted by Gasteiger charge is 2.08. The van der Waals surface area contributed by atoms with Gasteiger partial charge in [0.1, 0.15) is 5.75 Å². The summed E-state index contributed by atoms with van der Waals surface area (Å²) in [5.41, 5.74) is 0.834. The molecule has 0 heterocycles. The van der Waals surface area contributed by atoms with E-state index in [0.29, 0.717) is 23.9 Å². The Kier molecular flexibility index (Phi) is 5.80. The molecule has 1 aromatic carbocycles. The minimum atomic E-state index is -0.279. The number of benzene rings is 1. The van der Waals surface area contributed by atoms with Gasteiger partial charge in [0.25, 0.3) is 0 Å². The maximum absolute atomic E-state index is 11.1. The summed E-state index contributed by atoms with van der Waals surface area (Å²) in [6.07, 6.45) is 0. The van der Waals surface area contributed by atoms with Crippen molar-refractivity contribution >= 4 is 17.6 Å². The summed E-state index contributed by atoms with van der Waals surface area (Å²) in [4.78, 5) is 11.1. The summed E-state index contributed by atoms with van der Waals surface area (Å²) in [5.74, 6) is 0.423. The molecule has 0 atom stereocenters. The van der Waals surface area contributed by atoms with E-state index in [2.05, 4.69) is 5.32 Å². The second-order valence-electron chi connectivity index (χ2n) is 3.33. The Bertz CT molecular complexity index is 382. The highest BCUT2D eigenvalue weighted by molar-refractivity contribution is 6.31. The lowest BCUT2D eigenvalue weighted by Crippen LogP contribution is -2.24. The maximum Gasteiger partial charge on any atom is 0.319 e. The molecule has 17 heavy (non-hydrogen) atoms. The molecule has 0 amide bonds. The van der Waals surface area contributed by atoms with Crippen LogP contribution >= 0.6 is 11.6 Å². The van der Waals surface area contributed by atoms with Gasteiger partial charge in [-0.05, 0) is 19.1 Å². The van der Waals surface area contributed by atoms with Crippen molar-refractivity contribution in [3.05, 3.63) is 28.8 Å². The van der Waals surface area contributed by atoms with E-state index in [1.165, 1.54) is 0 Å². The highest BCUT2D eigenvalue weighted by atomic mass is 35.5. The van der Waals surface area contributed by atoms with Gasteiger partial charge in [-0.3, -0.25) is 4.79 Å². The topological polar surface area (TPSA) is 47.6 Å². The molecular weight excluding hydrogens is 242 g/mol. The molecule has 0 aliphatic heterocycles. The Morgan fingerprint density at radius 2 is 2.24 bits per heavy atom. The Morgan fingerprint density at radius 1 is 1.47 bits per heavy atom. The SMILES string of the molecule is CCOC(=O)CNCc1c(Cl)cccc1OC. The normalized spacial score (nSPS) is 10.1. The van der Waals surface area contributed by atoms with Gasteiger partial charge in [-0.2, -0.15) is 0 Å². The first kappa shape index (κ1) is 13.8. The van der Waals surface area contributed by atoms with E-state index in [4.69, 9.17) is 21.1 Å². The van der Waals surface area contributed by atoms with E-state index in [1.54, 1.807) is 20.1 Å². The molecule has 0 aliphatic rings. The monoisotopic (exact) mass is 257 g/mol. The fourth-order valence-corrected chi connectivity index (χ4v) is 1.64. The van der Waals surface area contributed by atoms with Crippen molar-refractivity contribution < 1.29 is 14.3 Å². The van der Waals surface area contributed by atoms with Gasteiger partial charge in [0.15, 0.2) is 0 Å². The van der Waals surface area contributed by atoms with Crippen molar-refractivity contribution in [2.24, 2.45) is 0 Å². The van der Waals surface area contributed by atoms with E-state index < -0.39 is 0 Å². The molecule has 94 valence electrons. The zero-order valence-electron chi connectivity index (χ0n) is 9.96. The number of ether oxygens (including phenoxy) is 2. The number of methoxy groups -OCH3 is 1. The van der Waals surface area contributed by atoms with Crippen LogP contribution < -0.4 is 10.1 Å². The molecule has 0 saturated heterocycles. The summed E-state index contributed by atoms with van der Waals surface area (Å²) in [6.45, 7) is 2.77. The van der Waals surface area contributed by atoms with E-state index in [0.717, 1.165) is 5.56 Å². The molecule has 0 unspecified atom stereocenters. The average Bonchev–Trinajstić information content (AvgIpc) is 2.31. The Balaban J connectivity index is 2.54. The van der Waals surface area contributed by atoms with Crippen LogP contribution in [0.3, 0.4) is 0 Å². The van der Waals surface area contributed by atoms with Crippen LogP contribution in [0, 0.1) is 0 Å². The summed E-state index contributed by atoms with van der Waals surface area (Å²) >= 11 is 6.05. The number of carbonyl (C=O) groups is 1. The minimum Gasteiger partial charge on any atom is -0.496 e. The summed E-state index contributed by atoms with van der Waals surface area (Å²) in [5, 5.41) is 3.57. The van der Waals surface area contributed by atoms with Crippen LogP contribution in [0.15, 0.2) is 18.2 Å². The van der Waals surface area contributed by atoms with Gasteiger partial charge >= 0.3 is 5.97 Å². The first-order valence-corrected chi connectivity index (χ1v) is 5.74. The fraction of sp³-hybridized carbons (Fsp3) is 0.417. The van der Waals surface area contributed by atoms with E-state index >= 15 is 0 Å². The zero-order chi connectivity index (χ0) is 12.7. The predicted molar refractivity (Wildman–Crippen MR) is 66.3 cm³/mol. The molecule has 0 saturated carbocycles. The lowest BCUT2D eigenvalue weighted by molar-refractivity contribution is -0.142. The number of halogens is 1. The van der Waals surface area contributed by atoms with E-state index in [-0.39, 0.29) is 12.5 Å². The number of hydrogen-bond donors (Lipinski definition) is 1. The van der Waals surface area contributed by atoms with Crippen molar-refractivity contribution in [1.82, 2.24) is 5.32 Å². The van der Waals surface area contributed by atoms with Gasteiger partial charge in [-0.25, -0.2) is 0 Å². The minimum absolute atomic E-state index is 0.155. The summed E-state index contributed by atoms with van der Waals surface area (Å²) in [7, 11) is 1.58. The van der Waals surface area contributed by atoms with Crippen molar-refractivity contribution in [1.29, 1.82) is 0 Å². The quantitative estimate of drug-likeness (QED) is 0.792. The van der Waals surface area contributed by atoms with Crippen LogP contribution in [-0.2, 0) is 16.1 Å². The van der Waals surface area contributed by atoms with Crippen molar-refractivity contribution in [2.75, 3.05) is 20.3 Å². The highest BCUT2D eigenvalue weighted by Crippen LogP contribution is 2.25. The number of hydrogen-bond acceptors (Lipinski definition) is 4. The third-order valence-corrected chi connectivity index (χ3v) is 2.53. The average molecular weight is 258 g/mol. The summed E-state index contributed by atoms with van der Waals surface area (Å²) in [6, 6.07) is 5.43. The van der Waals surface area contributed by atoms with Crippen molar-refractivity contribution in [2.45, 2.75) is 13.5 Å². The molecule has 0 fully saturated rings. The largest absolute Gasteiger partial charge is 0.496 e. The van der Waals surface area contributed by atoms with Crippen LogP contribution in [0.1, 0.15) is 12.5 Å². The molecule has 4 nitrogen and oxygen atoms in total. The van der Waals surface area contributed by atoms with Crippen molar-refractivity contribution in [3.63, 3.8) is 0 Å². The first-order chi connectivity index (χ1) is 8.19. The number of nitrogens with one attached hydrogen (secondary N) is 1. The molecular formula is C12H16ClNO3. The molecule has 1 N–H and O–H groups in total. The van der Waals surface area contributed by atoms with Crippen molar-refractivity contribution in [3.8, 4) is 5.75 Å². The lowest BCUT2D eigenvalue weighted by Gasteiger charge is -2.10. The predicted octanol–water partition coefficient (Wildman–Crippen LogP) is 2.00. The molecule has 1 aromatic rings. The smallest absolute Gasteiger partial charge is 0.319 e. The van der Waals surface area contributed by atoms with Crippen LogP contribution in [0.4, 0.5) is 0 Å². The van der Waals surface area contributed by atoms with Crippen LogP contribution in [-0.4, -0.2) is 26.2 Å². The third-order valence-electron chi connectivity index (χ3n) is 2.17. The van der Waals surface area contributed by atoms with Gasteiger partial charge in [0.2, 0.25) is 0 Å². The van der Waals surface area contributed by atoms with Gasteiger partial charge < -0.3 is 14.8 Å². The molecule has 0 aliphatic carbocycles. The lowest BCUT2D eigenvalue weighted by atomic mass is 10.2. The van der Waals surface area contributed by atoms with Crippen LogP contribution in [0.25, 0.3) is 0 Å². The number of carbonyl (C=O) groups excluding carboxylic acids is 1. The molecule has 1 rings (SSSR count). The van der Waals surface area contributed by atoms with Gasteiger partial charge in [0, 0.05) is 17.1 Å². The Morgan fingerprint density at radius 3 is 2.88 bits per heavy atom. The standard InChI is InChI=1S/C12H16ClNO3/c1-3-17-12(15)8-14-7-9-10(13)5-4-6-11(9)16-2/h4-6,14H,3,7-8H2,1-2H3. The first-order valence-electron chi connectivity index (χ1n) is 5.36. The van der Waals surface area contributed by atoms with E-state index in [9.17, 15) is 4.79 Å². The van der Waals surface area contributed by atoms with Crippen LogP contribution in [0.2, 0.25) is 5.02 Å². The van der Waals surface area contributed by atoms with Gasteiger partial charge in [-0.1, -0.05) is 17.7 Å². The molecule has 0 aromatic heterocycles. The second-order valence-corrected chi connectivity index (χ2v) is 3.74. The number of esters is 1. The summed E-state index contributed by atoms with van der Waals surface area (Å²) < 4.78 is 9.99. The van der Waals surface area contributed by atoms with E-state index in [1.807, 2.05) is 12.1 Å². The molecule has 0 bridgehead atoms. The molecule has 5 heteroatoms. The van der Waals surface area contributed by atoms with Gasteiger partial charge in [-0.15, -0.1) is 0 Å². The maximum atomic E-state index is 11.1.